The second-order valence-corrected chi connectivity index (χ2v) is 4.95. The van der Waals surface area contributed by atoms with Crippen molar-refractivity contribution >= 4 is 23.5 Å². The van der Waals surface area contributed by atoms with Crippen LogP contribution in [0.25, 0.3) is 0 Å². The molecule has 1 N–H and O–H groups in total. The molecule has 0 aromatic heterocycles. The van der Waals surface area contributed by atoms with E-state index in [2.05, 4.69) is 5.32 Å². The predicted octanol–water partition coefficient (Wildman–Crippen LogP) is 1.83. The number of nitrogens with one attached hydrogen (secondary N) is 1. The van der Waals surface area contributed by atoms with Crippen molar-refractivity contribution in [2.24, 2.45) is 0 Å². The van der Waals surface area contributed by atoms with Crippen LogP contribution in [0.15, 0.2) is 0 Å². The molecule has 1 saturated heterocycles. The summed E-state index contributed by atoms with van der Waals surface area (Å²) in [6.45, 7) is 1.64. The molecule has 1 saturated carbocycles. The van der Waals surface area contributed by atoms with E-state index in [0.717, 1.165) is 37.0 Å². The highest BCUT2D eigenvalue weighted by atomic mass is 35.5. The predicted molar refractivity (Wildman–Crippen MR) is 56.5 cm³/mol. The molecule has 1 aliphatic carbocycles. The first-order valence-corrected chi connectivity index (χ1v) is 5.80. The number of hydrogen-bond acceptors (Lipinski definition) is 2. The maximum absolute atomic E-state index is 12.1. The van der Waals surface area contributed by atoms with Gasteiger partial charge in [0.15, 0.2) is 0 Å². The largest absolute Gasteiger partial charge is 0.326 e. The van der Waals surface area contributed by atoms with Crippen molar-refractivity contribution in [3.8, 4) is 0 Å². The third-order valence-corrected chi connectivity index (χ3v) is 3.45. The second-order valence-electron chi connectivity index (χ2n) is 4.32. The Morgan fingerprint density at radius 3 is 2.40 bits per heavy atom. The van der Waals surface area contributed by atoms with Gasteiger partial charge in [-0.1, -0.05) is 30.9 Å². The molecule has 1 heterocycles. The summed E-state index contributed by atoms with van der Waals surface area (Å²) < 4.78 is 0. The molecule has 5 heteroatoms. The van der Waals surface area contributed by atoms with Gasteiger partial charge in [-0.25, -0.2) is 9.69 Å². The molecule has 4 nitrogen and oxygen atoms in total. The molecule has 2 aliphatic rings. The van der Waals surface area contributed by atoms with Crippen molar-refractivity contribution in [3.63, 3.8) is 0 Å². The van der Waals surface area contributed by atoms with Crippen LogP contribution in [0.4, 0.5) is 4.79 Å². The van der Waals surface area contributed by atoms with Crippen molar-refractivity contribution < 1.29 is 9.59 Å². The molecule has 2 rings (SSSR count). The van der Waals surface area contributed by atoms with E-state index in [-0.39, 0.29) is 11.9 Å². The fourth-order valence-electron chi connectivity index (χ4n) is 2.46. The Morgan fingerprint density at radius 1 is 1.33 bits per heavy atom. The van der Waals surface area contributed by atoms with E-state index < -0.39 is 11.0 Å². The molecule has 0 aromatic carbocycles. The summed E-state index contributed by atoms with van der Waals surface area (Å²) in [6, 6.07) is -0.343. The topological polar surface area (TPSA) is 49.4 Å². The van der Waals surface area contributed by atoms with Gasteiger partial charge >= 0.3 is 6.03 Å². The van der Waals surface area contributed by atoms with E-state index in [0.29, 0.717) is 0 Å². The molecule has 1 aliphatic heterocycles. The molecular formula is C10H15ClN2O2. The Hall–Kier alpha value is -0.770. The van der Waals surface area contributed by atoms with E-state index in [1.54, 1.807) is 6.92 Å². The lowest BCUT2D eigenvalue weighted by molar-refractivity contribution is -0.132. The van der Waals surface area contributed by atoms with Crippen LogP contribution in [0.5, 0.6) is 0 Å². The third kappa shape index (κ3) is 1.61. The summed E-state index contributed by atoms with van der Waals surface area (Å²) in [4.78, 5) is 24.8. The average molecular weight is 231 g/mol. The monoisotopic (exact) mass is 230 g/mol. The minimum absolute atomic E-state index is 0.144. The van der Waals surface area contributed by atoms with E-state index >= 15 is 0 Å². The molecule has 84 valence electrons. The van der Waals surface area contributed by atoms with E-state index in [4.69, 9.17) is 11.6 Å². The number of nitrogens with zero attached hydrogens (tertiary/aromatic N) is 1. The quantitative estimate of drug-likeness (QED) is 0.425. The van der Waals surface area contributed by atoms with Crippen molar-refractivity contribution in [2.75, 3.05) is 0 Å². The minimum Gasteiger partial charge on any atom is -0.323 e. The standard InChI is InChI=1S/C10H15ClN2O2/c1-7(11)13-8(14)10(12-9(13)15)5-3-2-4-6-10/h7H,2-6H2,1H3,(H,12,15). The highest BCUT2D eigenvalue weighted by Crippen LogP contribution is 2.34. The number of rotatable bonds is 1. The number of imide groups is 1. The summed E-state index contributed by atoms with van der Waals surface area (Å²) >= 11 is 5.82. The Labute approximate surface area is 93.9 Å². The van der Waals surface area contributed by atoms with Gasteiger partial charge in [-0.05, 0) is 19.8 Å². The Bertz CT molecular complexity index is 298. The number of halogens is 1. The third-order valence-electron chi connectivity index (χ3n) is 3.26. The summed E-state index contributed by atoms with van der Waals surface area (Å²) in [5, 5.41) is 2.80. The molecule has 1 atom stereocenters. The van der Waals surface area contributed by atoms with Gasteiger partial charge in [0.2, 0.25) is 0 Å². The average Bonchev–Trinajstić information content (AvgIpc) is 2.40. The number of urea groups is 1. The molecule has 0 radical (unpaired) electrons. The number of alkyl halides is 1. The van der Waals surface area contributed by atoms with Crippen molar-refractivity contribution in [1.29, 1.82) is 0 Å². The van der Waals surface area contributed by atoms with Crippen LogP contribution in [0.1, 0.15) is 39.0 Å². The molecule has 0 bridgehead atoms. The van der Waals surface area contributed by atoms with Crippen LogP contribution in [-0.4, -0.2) is 27.9 Å². The Kier molecular flexibility index (Phi) is 2.63. The summed E-state index contributed by atoms with van der Waals surface area (Å²) in [6.07, 6.45) is 4.63. The van der Waals surface area contributed by atoms with E-state index in [1.165, 1.54) is 0 Å². The first kappa shape index (κ1) is 10.7. The van der Waals surface area contributed by atoms with E-state index in [1.807, 2.05) is 0 Å². The number of carbonyl (C=O) groups excluding carboxylic acids is 2. The molecule has 15 heavy (non-hydrogen) atoms. The van der Waals surface area contributed by atoms with Crippen molar-refractivity contribution in [1.82, 2.24) is 10.2 Å². The van der Waals surface area contributed by atoms with Gasteiger partial charge in [-0.2, -0.15) is 0 Å². The van der Waals surface area contributed by atoms with Crippen molar-refractivity contribution in [2.45, 2.75) is 50.1 Å². The molecule has 1 unspecified atom stereocenters. The van der Waals surface area contributed by atoms with Crippen LogP contribution < -0.4 is 5.32 Å². The van der Waals surface area contributed by atoms with Gasteiger partial charge in [0.1, 0.15) is 11.0 Å². The normalized spacial score (nSPS) is 26.9. The van der Waals surface area contributed by atoms with Crippen LogP contribution in [0.3, 0.4) is 0 Å². The lowest BCUT2D eigenvalue weighted by Gasteiger charge is -2.30. The van der Waals surface area contributed by atoms with Gasteiger partial charge in [0, 0.05) is 0 Å². The summed E-state index contributed by atoms with van der Waals surface area (Å²) in [7, 11) is 0. The first-order chi connectivity index (χ1) is 7.07. The van der Waals surface area contributed by atoms with Gasteiger partial charge in [0.05, 0.1) is 0 Å². The lowest BCUT2D eigenvalue weighted by atomic mass is 9.82. The number of amides is 3. The van der Waals surface area contributed by atoms with Crippen molar-refractivity contribution in [3.05, 3.63) is 0 Å². The Balaban J connectivity index is 2.23. The number of hydrogen-bond donors (Lipinski definition) is 1. The zero-order valence-electron chi connectivity index (χ0n) is 8.75. The number of carbonyl (C=O) groups is 2. The zero-order valence-corrected chi connectivity index (χ0v) is 9.51. The molecular weight excluding hydrogens is 216 g/mol. The molecule has 1 spiro atoms. The van der Waals surface area contributed by atoms with Crippen LogP contribution in [0.2, 0.25) is 0 Å². The molecule has 0 aromatic rings. The van der Waals surface area contributed by atoms with Crippen LogP contribution in [0, 0.1) is 0 Å². The fraction of sp³-hybridized carbons (Fsp3) is 0.800. The maximum atomic E-state index is 12.1. The SMILES string of the molecule is CC(Cl)N1C(=O)NC2(CCCCC2)C1=O. The highest BCUT2D eigenvalue weighted by molar-refractivity contribution is 6.24. The first-order valence-electron chi connectivity index (χ1n) is 5.37. The zero-order chi connectivity index (χ0) is 11.1. The van der Waals surface area contributed by atoms with E-state index in [9.17, 15) is 9.59 Å². The molecule has 3 amide bonds. The Morgan fingerprint density at radius 2 is 1.93 bits per heavy atom. The summed E-state index contributed by atoms with van der Waals surface area (Å²) in [5.74, 6) is -0.144. The van der Waals surface area contributed by atoms with Gasteiger partial charge in [-0.15, -0.1) is 0 Å². The molecule has 2 fully saturated rings. The van der Waals surface area contributed by atoms with Crippen LogP contribution >= 0.6 is 11.6 Å². The van der Waals surface area contributed by atoms with Gasteiger partial charge in [-0.3, -0.25) is 4.79 Å². The maximum Gasteiger partial charge on any atom is 0.326 e. The lowest BCUT2D eigenvalue weighted by Crippen LogP contribution is -2.48. The smallest absolute Gasteiger partial charge is 0.323 e. The van der Waals surface area contributed by atoms with Gasteiger partial charge < -0.3 is 5.32 Å². The minimum atomic E-state index is -0.640. The fourth-order valence-corrected chi connectivity index (χ4v) is 2.64. The highest BCUT2D eigenvalue weighted by Gasteiger charge is 2.52. The second kappa shape index (κ2) is 3.67. The van der Waals surface area contributed by atoms with Gasteiger partial charge in [0.25, 0.3) is 5.91 Å². The van der Waals surface area contributed by atoms with Crippen LogP contribution in [-0.2, 0) is 4.79 Å². The summed E-state index contributed by atoms with van der Waals surface area (Å²) in [5.41, 5.74) is -1.21.